The highest BCUT2D eigenvalue weighted by Crippen LogP contribution is 2.15. The molecule has 2 N–H and O–H groups in total. The molecule has 0 aromatic carbocycles. The summed E-state index contributed by atoms with van der Waals surface area (Å²) in [6.45, 7) is 1.79. The monoisotopic (exact) mass is 352 g/mol. The van der Waals surface area contributed by atoms with Gasteiger partial charge in [0.2, 0.25) is 0 Å². The van der Waals surface area contributed by atoms with Crippen molar-refractivity contribution in [3.8, 4) is 12.3 Å². The van der Waals surface area contributed by atoms with E-state index in [-0.39, 0.29) is 6.54 Å². The molecule has 0 amide bonds. The first-order chi connectivity index (χ1) is 11.5. The molecule has 0 aliphatic rings. The van der Waals surface area contributed by atoms with E-state index in [0.29, 0.717) is 12.4 Å². The molecule has 0 atom stereocenters. The van der Waals surface area contributed by atoms with E-state index in [1.54, 1.807) is 11.8 Å². The van der Waals surface area contributed by atoms with Crippen LogP contribution in [0.1, 0.15) is 11.5 Å². The number of nitrogens with zero attached hydrogens (tertiary/aromatic N) is 2. The van der Waals surface area contributed by atoms with Gasteiger partial charge in [-0.25, -0.2) is 0 Å². The average molecular weight is 352 g/mol. The molecule has 7 nitrogen and oxygen atoms in total. The summed E-state index contributed by atoms with van der Waals surface area (Å²) in [5.74, 6) is 6.20. The van der Waals surface area contributed by atoms with Crippen LogP contribution in [-0.2, 0) is 12.2 Å². The molecule has 132 valence electrons. The highest BCUT2D eigenvalue weighted by atomic mass is 32.2. The van der Waals surface area contributed by atoms with Crippen molar-refractivity contribution < 1.29 is 9.34 Å². The molecule has 1 aromatic rings. The molecule has 0 bridgehead atoms. The van der Waals surface area contributed by atoms with Gasteiger partial charge in [0.1, 0.15) is 11.5 Å². The first-order valence-corrected chi connectivity index (χ1v) is 8.73. The zero-order chi connectivity index (χ0) is 17.8. The number of hydrogen-bond acceptors (Lipinski definition) is 7. The molecule has 24 heavy (non-hydrogen) atoms. The summed E-state index contributed by atoms with van der Waals surface area (Å²) in [4.78, 5) is 12.1. The lowest BCUT2D eigenvalue weighted by atomic mass is 10.3. The van der Waals surface area contributed by atoms with Crippen LogP contribution in [0.5, 0.6) is 0 Å². The van der Waals surface area contributed by atoms with Crippen molar-refractivity contribution in [2.45, 2.75) is 12.2 Å². The van der Waals surface area contributed by atoms with Crippen LogP contribution >= 0.6 is 11.8 Å². The molecule has 1 aromatic heterocycles. The van der Waals surface area contributed by atoms with Gasteiger partial charge in [-0.3, -0.25) is 10.1 Å². The molecule has 8 heteroatoms. The van der Waals surface area contributed by atoms with Crippen molar-refractivity contribution in [2.75, 3.05) is 39.5 Å². The Morgan fingerprint density at radius 3 is 2.88 bits per heavy atom. The summed E-state index contributed by atoms with van der Waals surface area (Å²) < 4.78 is 5.76. The number of nitro groups is 1. The number of hydrogen-bond donors (Lipinski definition) is 2. The van der Waals surface area contributed by atoms with Crippen LogP contribution in [0, 0.1) is 22.5 Å². The van der Waals surface area contributed by atoms with Gasteiger partial charge in [0.05, 0.1) is 17.2 Å². The van der Waals surface area contributed by atoms with E-state index in [2.05, 4.69) is 21.5 Å². The number of furan rings is 1. The number of thioether (sulfide) groups is 1. The SMILES string of the molecule is C#CCN/C(=C/[N+](=O)[O-])NCCSCc1ccc(CCN(C)C)o1. The fraction of sp³-hybridized carbons (Fsp3) is 0.500. The van der Waals surface area contributed by atoms with Crippen molar-refractivity contribution in [3.05, 3.63) is 45.8 Å². The maximum Gasteiger partial charge on any atom is 0.274 e. The smallest absolute Gasteiger partial charge is 0.274 e. The Morgan fingerprint density at radius 1 is 1.46 bits per heavy atom. The van der Waals surface area contributed by atoms with Crippen LogP contribution in [-0.4, -0.2) is 49.3 Å². The second-order valence-electron chi connectivity index (χ2n) is 5.29. The Kier molecular flexibility index (Phi) is 9.49. The van der Waals surface area contributed by atoms with E-state index in [1.807, 2.05) is 26.2 Å². The van der Waals surface area contributed by atoms with E-state index in [0.717, 1.165) is 42.2 Å². The van der Waals surface area contributed by atoms with Gasteiger partial charge in [-0.05, 0) is 26.2 Å². The molecular weight excluding hydrogens is 328 g/mol. The fourth-order valence-corrected chi connectivity index (χ4v) is 2.55. The minimum absolute atomic E-state index is 0.238. The van der Waals surface area contributed by atoms with Gasteiger partial charge in [0.15, 0.2) is 5.82 Å². The third kappa shape index (κ3) is 9.12. The van der Waals surface area contributed by atoms with E-state index in [4.69, 9.17) is 10.8 Å². The first kappa shape index (κ1) is 19.9. The fourth-order valence-electron chi connectivity index (χ4n) is 1.80. The largest absolute Gasteiger partial charge is 0.465 e. The number of terminal acetylenes is 1. The molecule has 0 saturated heterocycles. The summed E-state index contributed by atoms with van der Waals surface area (Å²) in [5, 5.41) is 16.3. The predicted molar refractivity (Wildman–Crippen MR) is 97.0 cm³/mol. The van der Waals surface area contributed by atoms with Gasteiger partial charge in [-0.15, -0.1) is 6.42 Å². The molecular formula is C16H24N4O3S. The Balaban J connectivity index is 2.25. The van der Waals surface area contributed by atoms with Crippen molar-refractivity contribution >= 4 is 11.8 Å². The first-order valence-electron chi connectivity index (χ1n) is 7.58. The number of likely N-dealkylation sites (N-methyl/N-ethyl adjacent to an activating group) is 1. The summed E-state index contributed by atoms with van der Waals surface area (Å²) in [6.07, 6.45) is 6.91. The van der Waals surface area contributed by atoms with Gasteiger partial charge in [0.25, 0.3) is 6.20 Å². The topological polar surface area (TPSA) is 83.6 Å². The standard InChI is InChI=1S/C16H24N4O3S/c1-4-8-17-16(12-20(21)22)18-9-11-24-13-15-6-5-14(23-15)7-10-19(2)3/h1,5-6,12,17-18H,7-11,13H2,2-3H3/b16-12-. The zero-order valence-electron chi connectivity index (χ0n) is 14.1. The number of rotatable bonds is 12. The van der Waals surface area contributed by atoms with Crippen molar-refractivity contribution in [2.24, 2.45) is 0 Å². The molecule has 1 rings (SSSR count). The van der Waals surface area contributed by atoms with Gasteiger partial charge in [0, 0.05) is 25.3 Å². The molecule has 0 radical (unpaired) electrons. The Morgan fingerprint density at radius 2 is 2.21 bits per heavy atom. The molecule has 0 fully saturated rings. The quantitative estimate of drug-likeness (QED) is 0.255. The second kappa shape index (κ2) is 11.4. The molecule has 0 aliphatic carbocycles. The van der Waals surface area contributed by atoms with Gasteiger partial charge in [-0.1, -0.05) is 5.92 Å². The molecule has 1 heterocycles. The molecule has 0 spiro atoms. The number of nitrogens with one attached hydrogen (secondary N) is 2. The van der Waals surface area contributed by atoms with Crippen LogP contribution in [0.25, 0.3) is 0 Å². The second-order valence-corrected chi connectivity index (χ2v) is 6.39. The van der Waals surface area contributed by atoms with Crippen LogP contribution in [0.15, 0.2) is 28.6 Å². The summed E-state index contributed by atoms with van der Waals surface area (Å²) in [7, 11) is 4.07. The molecule has 0 saturated carbocycles. The highest BCUT2D eigenvalue weighted by molar-refractivity contribution is 7.98. The highest BCUT2D eigenvalue weighted by Gasteiger charge is 2.04. The van der Waals surface area contributed by atoms with Crippen LogP contribution in [0.4, 0.5) is 0 Å². The van der Waals surface area contributed by atoms with Crippen LogP contribution in [0.3, 0.4) is 0 Å². The molecule has 0 unspecified atom stereocenters. The van der Waals surface area contributed by atoms with Gasteiger partial charge < -0.3 is 20.0 Å². The van der Waals surface area contributed by atoms with E-state index >= 15 is 0 Å². The van der Waals surface area contributed by atoms with Crippen molar-refractivity contribution in [1.29, 1.82) is 0 Å². The Bertz CT molecular complexity index is 578. The van der Waals surface area contributed by atoms with E-state index in [9.17, 15) is 10.1 Å². The lowest BCUT2D eigenvalue weighted by Gasteiger charge is -2.09. The van der Waals surface area contributed by atoms with Gasteiger partial charge in [-0.2, -0.15) is 11.8 Å². The lowest BCUT2D eigenvalue weighted by Crippen LogP contribution is -2.29. The van der Waals surface area contributed by atoms with Crippen LogP contribution < -0.4 is 10.6 Å². The normalized spacial score (nSPS) is 11.3. The van der Waals surface area contributed by atoms with Crippen molar-refractivity contribution in [3.63, 3.8) is 0 Å². The minimum atomic E-state index is -0.517. The molecule has 0 aliphatic heterocycles. The van der Waals surface area contributed by atoms with Gasteiger partial charge >= 0.3 is 0 Å². The summed E-state index contributed by atoms with van der Waals surface area (Å²) >= 11 is 1.70. The predicted octanol–water partition coefficient (Wildman–Crippen LogP) is 1.50. The third-order valence-electron chi connectivity index (χ3n) is 2.94. The minimum Gasteiger partial charge on any atom is -0.465 e. The third-order valence-corrected chi connectivity index (χ3v) is 3.93. The van der Waals surface area contributed by atoms with E-state index in [1.165, 1.54) is 0 Å². The lowest BCUT2D eigenvalue weighted by molar-refractivity contribution is -0.404. The Hall–Kier alpha value is -2.11. The van der Waals surface area contributed by atoms with Crippen molar-refractivity contribution in [1.82, 2.24) is 15.5 Å². The van der Waals surface area contributed by atoms with E-state index < -0.39 is 4.92 Å². The van der Waals surface area contributed by atoms with Crippen LogP contribution in [0.2, 0.25) is 0 Å². The average Bonchev–Trinajstić information content (AvgIpc) is 2.97. The zero-order valence-corrected chi connectivity index (χ0v) is 14.9. The summed E-state index contributed by atoms with van der Waals surface area (Å²) in [6, 6.07) is 4.01. The maximum absolute atomic E-state index is 10.5. The summed E-state index contributed by atoms with van der Waals surface area (Å²) in [5.41, 5.74) is 0. The maximum atomic E-state index is 10.5. The Labute approximate surface area is 147 Å².